The van der Waals surface area contributed by atoms with E-state index in [1.165, 1.54) is 19.1 Å². The lowest BCUT2D eigenvalue weighted by Gasteiger charge is -2.04. The van der Waals surface area contributed by atoms with E-state index in [-0.39, 0.29) is 17.3 Å². The first-order valence-corrected chi connectivity index (χ1v) is 8.51. The van der Waals surface area contributed by atoms with Crippen LogP contribution in [-0.2, 0) is 9.59 Å². The second-order valence-electron chi connectivity index (χ2n) is 5.27. The van der Waals surface area contributed by atoms with E-state index in [1.807, 2.05) is 0 Å². The summed E-state index contributed by atoms with van der Waals surface area (Å²) in [5, 5.41) is 9.74. The molecule has 0 radical (unpaired) electrons. The van der Waals surface area contributed by atoms with Crippen LogP contribution in [0.3, 0.4) is 0 Å². The number of nitrogens with zero attached hydrogens (tertiary/aromatic N) is 1. The maximum Gasteiger partial charge on any atom is 0.308 e. The highest BCUT2D eigenvalue weighted by atomic mass is 35.5. The number of hydrogen-bond donors (Lipinski definition) is 1. The molecule has 0 unspecified atom stereocenters. The molecule has 5 nitrogen and oxygen atoms in total. The number of halogens is 2. The lowest BCUT2D eigenvalue weighted by atomic mass is 10.1. The quantitative estimate of drug-likeness (QED) is 0.430. The number of carbonyl (C=O) groups is 2. The molecule has 1 N–H and O–H groups in total. The van der Waals surface area contributed by atoms with E-state index in [2.05, 4.69) is 4.99 Å². The van der Waals surface area contributed by atoms with Gasteiger partial charge in [0.1, 0.15) is 5.75 Å². The molecule has 27 heavy (non-hydrogen) atoms. The fraction of sp³-hybridized carbons (Fsp3) is 0.0500. The second kappa shape index (κ2) is 9.71. The molecule has 0 aromatic heterocycles. The SMILES string of the molecule is CC(=O)Oc1c(Cl)cccc1Cl.O=C1C=CC(=Nc2ccc(O)cc2)C=C1. The number of esters is 1. The third kappa shape index (κ3) is 6.73. The molecule has 0 spiro atoms. The van der Waals surface area contributed by atoms with E-state index in [1.54, 1.807) is 54.6 Å². The van der Waals surface area contributed by atoms with Gasteiger partial charge in [0.15, 0.2) is 11.5 Å². The van der Waals surface area contributed by atoms with Crippen molar-refractivity contribution in [3.05, 3.63) is 76.8 Å². The highest BCUT2D eigenvalue weighted by Crippen LogP contribution is 2.32. The summed E-state index contributed by atoms with van der Waals surface area (Å²) >= 11 is 11.4. The highest BCUT2D eigenvalue weighted by molar-refractivity contribution is 6.37. The van der Waals surface area contributed by atoms with Gasteiger partial charge < -0.3 is 9.84 Å². The van der Waals surface area contributed by atoms with Crippen LogP contribution in [0.2, 0.25) is 10.0 Å². The Labute approximate surface area is 166 Å². The minimum absolute atomic E-state index is 0.0281. The van der Waals surface area contributed by atoms with Crippen molar-refractivity contribution in [1.29, 1.82) is 0 Å². The van der Waals surface area contributed by atoms with Gasteiger partial charge in [-0.15, -0.1) is 0 Å². The molecule has 0 bridgehead atoms. The molecular weight excluding hydrogens is 389 g/mol. The predicted octanol–water partition coefficient (Wildman–Crippen LogP) is 5.08. The van der Waals surface area contributed by atoms with Crippen LogP contribution >= 0.6 is 23.2 Å². The van der Waals surface area contributed by atoms with Gasteiger partial charge in [-0.25, -0.2) is 4.99 Å². The lowest BCUT2D eigenvalue weighted by Crippen LogP contribution is -2.02. The van der Waals surface area contributed by atoms with Crippen LogP contribution < -0.4 is 4.74 Å². The fourth-order valence-corrected chi connectivity index (χ4v) is 2.40. The Morgan fingerprint density at radius 2 is 1.52 bits per heavy atom. The highest BCUT2D eigenvalue weighted by Gasteiger charge is 2.08. The molecule has 2 aromatic carbocycles. The van der Waals surface area contributed by atoms with E-state index in [0.29, 0.717) is 10.0 Å². The van der Waals surface area contributed by atoms with Crippen LogP contribution in [-0.4, -0.2) is 22.6 Å². The molecule has 138 valence electrons. The lowest BCUT2D eigenvalue weighted by molar-refractivity contribution is -0.131. The Balaban J connectivity index is 0.000000199. The minimum Gasteiger partial charge on any atom is -0.508 e. The van der Waals surface area contributed by atoms with Crippen LogP contribution in [0.15, 0.2) is 71.8 Å². The van der Waals surface area contributed by atoms with E-state index >= 15 is 0 Å². The molecule has 0 heterocycles. The molecule has 3 rings (SSSR count). The average Bonchev–Trinajstić information content (AvgIpc) is 2.63. The summed E-state index contributed by atoms with van der Waals surface area (Å²) in [5.74, 6) is -0.0400. The standard InChI is InChI=1S/C12H9NO2.C8H6Cl2O2/c14-11-5-1-9(2-6-11)13-10-3-7-12(15)8-4-10;1-5(11)12-8-6(9)3-2-4-7(8)10/h1-8,14H;2-4H,1H3. The molecule has 7 heteroatoms. The van der Waals surface area contributed by atoms with Crippen molar-refractivity contribution < 1.29 is 19.4 Å². The Hall–Kier alpha value is -2.89. The van der Waals surface area contributed by atoms with Crippen molar-refractivity contribution in [3.8, 4) is 11.5 Å². The van der Waals surface area contributed by atoms with Crippen LogP contribution in [0, 0.1) is 0 Å². The molecule has 0 fully saturated rings. The number of benzene rings is 2. The zero-order valence-electron chi connectivity index (χ0n) is 14.2. The number of phenols is 1. The molecule has 0 saturated carbocycles. The summed E-state index contributed by atoms with van der Waals surface area (Å²) in [4.78, 5) is 25.7. The zero-order valence-corrected chi connectivity index (χ0v) is 15.7. The van der Waals surface area contributed by atoms with Gasteiger partial charge in [-0.05, 0) is 60.7 Å². The Morgan fingerprint density at radius 3 is 2.04 bits per heavy atom. The molecule has 1 aliphatic carbocycles. The summed E-state index contributed by atoms with van der Waals surface area (Å²) in [7, 11) is 0. The number of aliphatic imine (C=N–C) groups is 1. The van der Waals surface area contributed by atoms with Crippen molar-refractivity contribution in [2.75, 3.05) is 0 Å². The van der Waals surface area contributed by atoms with Crippen molar-refractivity contribution in [1.82, 2.24) is 0 Å². The van der Waals surface area contributed by atoms with E-state index in [9.17, 15) is 9.59 Å². The number of carbonyl (C=O) groups excluding carboxylic acids is 2. The van der Waals surface area contributed by atoms with Crippen molar-refractivity contribution in [2.24, 2.45) is 4.99 Å². The monoisotopic (exact) mass is 403 g/mol. The maximum atomic E-state index is 10.8. The van der Waals surface area contributed by atoms with Crippen LogP contribution in [0.1, 0.15) is 6.92 Å². The topological polar surface area (TPSA) is 76.0 Å². The number of hydrogen-bond acceptors (Lipinski definition) is 5. The molecule has 0 atom stereocenters. The number of ketones is 1. The zero-order chi connectivity index (χ0) is 19.8. The molecule has 0 amide bonds. The molecule has 0 aliphatic heterocycles. The number of para-hydroxylation sites is 1. The van der Waals surface area contributed by atoms with Crippen LogP contribution in [0.5, 0.6) is 11.5 Å². The van der Waals surface area contributed by atoms with Gasteiger partial charge in [-0.3, -0.25) is 9.59 Å². The Morgan fingerprint density at radius 1 is 0.963 bits per heavy atom. The number of rotatable bonds is 2. The van der Waals surface area contributed by atoms with Crippen molar-refractivity contribution in [3.63, 3.8) is 0 Å². The van der Waals surface area contributed by atoms with E-state index < -0.39 is 5.97 Å². The summed E-state index contributed by atoms with van der Waals surface area (Å²) in [5.41, 5.74) is 1.46. The minimum atomic E-state index is -0.440. The largest absolute Gasteiger partial charge is 0.508 e. The van der Waals surface area contributed by atoms with Crippen LogP contribution in [0.4, 0.5) is 5.69 Å². The summed E-state index contributed by atoms with van der Waals surface area (Å²) in [6.45, 7) is 1.29. The molecule has 0 saturated heterocycles. The first-order valence-electron chi connectivity index (χ1n) is 7.75. The summed E-state index contributed by atoms with van der Waals surface area (Å²) in [6, 6.07) is 11.4. The van der Waals surface area contributed by atoms with Crippen LogP contribution in [0.25, 0.3) is 0 Å². The van der Waals surface area contributed by atoms with Crippen molar-refractivity contribution in [2.45, 2.75) is 6.92 Å². The normalized spacial score (nSPS) is 12.3. The van der Waals surface area contributed by atoms with E-state index in [4.69, 9.17) is 33.0 Å². The number of aromatic hydroxyl groups is 1. The molecule has 2 aromatic rings. The number of allylic oxidation sites excluding steroid dienone is 4. The number of ether oxygens (including phenoxy) is 1. The molecule has 1 aliphatic rings. The Kier molecular flexibility index (Phi) is 7.34. The third-order valence-electron chi connectivity index (χ3n) is 3.11. The van der Waals surface area contributed by atoms with Crippen molar-refractivity contribution >= 4 is 46.4 Å². The van der Waals surface area contributed by atoms with Gasteiger partial charge in [-0.1, -0.05) is 29.3 Å². The first-order chi connectivity index (χ1) is 12.8. The van der Waals surface area contributed by atoms with Gasteiger partial charge in [0.2, 0.25) is 0 Å². The third-order valence-corrected chi connectivity index (χ3v) is 3.70. The predicted molar refractivity (Wildman–Crippen MR) is 106 cm³/mol. The molecular formula is C20H15Cl2NO4. The van der Waals surface area contributed by atoms with Gasteiger partial charge in [0, 0.05) is 6.92 Å². The average molecular weight is 404 g/mol. The summed E-state index contributed by atoms with van der Waals surface area (Å²) in [6.07, 6.45) is 6.27. The van der Waals surface area contributed by atoms with Gasteiger partial charge in [0.25, 0.3) is 0 Å². The first kappa shape index (κ1) is 20.4. The van der Waals surface area contributed by atoms with E-state index in [0.717, 1.165) is 11.4 Å². The van der Waals surface area contributed by atoms with Gasteiger partial charge >= 0.3 is 5.97 Å². The second-order valence-corrected chi connectivity index (χ2v) is 6.08. The van der Waals surface area contributed by atoms with Gasteiger partial charge in [0.05, 0.1) is 21.4 Å². The number of phenolic OH excluding ortho intramolecular Hbond substituents is 1. The smallest absolute Gasteiger partial charge is 0.308 e. The van der Waals surface area contributed by atoms with Gasteiger partial charge in [-0.2, -0.15) is 0 Å². The summed E-state index contributed by atoms with van der Waals surface area (Å²) < 4.78 is 4.77. The maximum absolute atomic E-state index is 10.8. The Bertz CT molecular complexity index is 893. The fourth-order valence-electron chi connectivity index (χ4n) is 1.92.